The Bertz CT molecular complexity index is 250. The van der Waals surface area contributed by atoms with Crippen LogP contribution in [0.3, 0.4) is 0 Å². The van der Waals surface area contributed by atoms with Crippen molar-refractivity contribution in [3.05, 3.63) is 12.7 Å². The van der Waals surface area contributed by atoms with Gasteiger partial charge in [0.25, 0.3) is 0 Å². The number of nitrogens with zero attached hydrogens (tertiary/aromatic N) is 1. The first-order valence-corrected chi connectivity index (χ1v) is 6.99. The highest BCUT2D eigenvalue weighted by molar-refractivity contribution is 5.76. The molecule has 2 N–H and O–H groups in total. The Labute approximate surface area is 110 Å². The Morgan fingerprint density at radius 1 is 1.33 bits per heavy atom. The van der Waals surface area contributed by atoms with Crippen LogP contribution in [0.4, 0.5) is 0 Å². The first kappa shape index (κ1) is 15.2. The molecule has 0 aromatic rings. The van der Waals surface area contributed by atoms with Crippen LogP contribution in [0.2, 0.25) is 0 Å². The molecule has 0 bridgehead atoms. The molecule has 0 aliphatic heterocycles. The second kappa shape index (κ2) is 9.11. The predicted molar refractivity (Wildman–Crippen MR) is 73.4 cm³/mol. The van der Waals surface area contributed by atoms with Gasteiger partial charge in [0.05, 0.1) is 6.61 Å². The lowest BCUT2D eigenvalue weighted by molar-refractivity contribution is -0.122. The summed E-state index contributed by atoms with van der Waals surface area (Å²) in [7, 11) is 0. The minimum Gasteiger partial charge on any atom is -0.395 e. The highest BCUT2D eigenvalue weighted by atomic mass is 16.3. The van der Waals surface area contributed by atoms with Crippen LogP contribution in [0.5, 0.6) is 0 Å². The van der Waals surface area contributed by atoms with Crippen molar-refractivity contribution in [1.29, 1.82) is 0 Å². The molecule has 1 fully saturated rings. The lowest BCUT2D eigenvalue weighted by Gasteiger charge is -2.24. The summed E-state index contributed by atoms with van der Waals surface area (Å²) in [4.78, 5) is 13.8. The maximum atomic E-state index is 11.8. The minimum atomic E-state index is 0.123. The van der Waals surface area contributed by atoms with Crippen molar-refractivity contribution < 1.29 is 9.90 Å². The van der Waals surface area contributed by atoms with Crippen LogP contribution in [-0.4, -0.2) is 48.2 Å². The zero-order valence-electron chi connectivity index (χ0n) is 11.2. The van der Waals surface area contributed by atoms with E-state index in [0.717, 1.165) is 19.4 Å². The van der Waals surface area contributed by atoms with E-state index < -0.39 is 0 Å². The first-order chi connectivity index (χ1) is 8.76. The molecule has 4 nitrogen and oxygen atoms in total. The van der Waals surface area contributed by atoms with Crippen molar-refractivity contribution in [3.63, 3.8) is 0 Å². The summed E-state index contributed by atoms with van der Waals surface area (Å²) in [6.07, 6.45) is 8.32. The van der Waals surface area contributed by atoms with E-state index in [9.17, 15) is 4.79 Å². The molecule has 1 rings (SSSR count). The Morgan fingerprint density at radius 3 is 2.67 bits per heavy atom. The van der Waals surface area contributed by atoms with Gasteiger partial charge in [-0.25, -0.2) is 0 Å². The summed E-state index contributed by atoms with van der Waals surface area (Å²) in [6.45, 7) is 5.81. The number of hydrogen-bond acceptors (Lipinski definition) is 3. The second-order valence-electron chi connectivity index (χ2n) is 4.97. The number of aliphatic hydroxyl groups excluding tert-OH is 1. The smallest absolute Gasteiger partial charge is 0.221 e. The summed E-state index contributed by atoms with van der Waals surface area (Å²) >= 11 is 0. The van der Waals surface area contributed by atoms with Crippen LogP contribution >= 0.6 is 0 Å². The Balaban J connectivity index is 2.19. The van der Waals surface area contributed by atoms with E-state index in [0.29, 0.717) is 25.6 Å². The lowest BCUT2D eigenvalue weighted by Crippen LogP contribution is -2.38. The number of nitrogens with one attached hydrogen (secondary N) is 1. The fraction of sp³-hybridized carbons (Fsp3) is 0.786. The van der Waals surface area contributed by atoms with Crippen molar-refractivity contribution in [2.45, 2.75) is 44.6 Å². The number of hydrogen-bond donors (Lipinski definition) is 2. The maximum absolute atomic E-state index is 11.8. The molecule has 0 spiro atoms. The molecule has 0 aromatic carbocycles. The van der Waals surface area contributed by atoms with Gasteiger partial charge in [0.15, 0.2) is 0 Å². The summed E-state index contributed by atoms with van der Waals surface area (Å²) in [5.74, 6) is 0.133. The van der Waals surface area contributed by atoms with Gasteiger partial charge in [0.2, 0.25) is 5.91 Å². The van der Waals surface area contributed by atoms with Crippen molar-refractivity contribution in [3.8, 4) is 0 Å². The number of carbonyl (C=O) groups is 1. The van der Waals surface area contributed by atoms with Crippen LogP contribution < -0.4 is 5.32 Å². The van der Waals surface area contributed by atoms with Crippen LogP contribution in [0.25, 0.3) is 0 Å². The van der Waals surface area contributed by atoms with E-state index in [4.69, 9.17) is 5.11 Å². The molecule has 1 amide bonds. The molecule has 18 heavy (non-hydrogen) atoms. The van der Waals surface area contributed by atoms with E-state index in [-0.39, 0.29) is 12.5 Å². The molecule has 1 aliphatic rings. The zero-order valence-corrected chi connectivity index (χ0v) is 11.2. The highest BCUT2D eigenvalue weighted by Crippen LogP contribution is 2.17. The number of carbonyl (C=O) groups excluding carboxylic acids is 1. The van der Waals surface area contributed by atoms with Crippen molar-refractivity contribution in [2.75, 3.05) is 26.2 Å². The van der Waals surface area contributed by atoms with Gasteiger partial charge in [-0.15, -0.1) is 6.58 Å². The van der Waals surface area contributed by atoms with E-state index in [1.54, 1.807) is 6.08 Å². The standard InChI is InChI=1S/C14H26N2O2/c1-2-9-16(11-12-17)10-8-14(18)15-13-6-4-3-5-7-13/h2,13,17H,1,3-12H2,(H,15,18). The van der Waals surface area contributed by atoms with Gasteiger partial charge in [0.1, 0.15) is 0 Å². The van der Waals surface area contributed by atoms with Gasteiger partial charge in [-0.3, -0.25) is 9.69 Å². The third-order valence-electron chi connectivity index (χ3n) is 3.43. The number of amides is 1. The van der Waals surface area contributed by atoms with Gasteiger partial charge in [0, 0.05) is 32.1 Å². The molecule has 0 radical (unpaired) electrons. The van der Waals surface area contributed by atoms with Gasteiger partial charge >= 0.3 is 0 Å². The number of aliphatic hydroxyl groups is 1. The first-order valence-electron chi connectivity index (χ1n) is 6.99. The SMILES string of the molecule is C=CCN(CCO)CCC(=O)NC1CCCCC1. The fourth-order valence-corrected chi connectivity index (χ4v) is 2.42. The zero-order chi connectivity index (χ0) is 13.2. The average Bonchev–Trinajstić information content (AvgIpc) is 2.38. The molecule has 0 unspecified atom stereocenters. The monoisotopic (exact) mass is 254 g/mol. The maximum Gasteiger partial charge on any atom is 0.221 e. The summed E-state index contributed by atoms with van der Waals surface area (Å²) < 4.78 is 0. The minimum absolute atomic E-state index is 0.123. The Kier molecular flexibility index (Phi) is 7.69. The molecule has 1 saturated carbocycles. The Morgan fingerprint density at radius 2 is 2.06 bits per heavy atom. The van der Waals surface area contributed by atoms with Gasteiger partial charge in [-0.1, -0.05) is 25.3 Å². The van der Waals surface area contributed by atoms with Crippen LogP contribution in [0, 0.1) is 0 Å². The molecule has 0 saturated heterocycles. The second-order valence-corrected chi connectivity index (χ2v) is 4.97. The van der Waals surface area contributed by atoms with Crippen LogP contribution in [0.15, 0.2) is 12.7 Å². The van der Waals surface area contributed by atoms with E-state index in [2.05, 4.69) is 11.9 Å². The van der Waals surface area contributed by atoms with Gasteiger partial charge in [-0.05, 0) is 12.8 Å². The molecule has 0 atom stereocenters. The molecule has 0 heterocycles. The third-order valence-corrected chi connectivity index (χ3v) is 3.43. The topological polar surface area (TPSA) is 52.6 Å². The van der Waals surface area contributed by atoms with E-state index in [1.807, 2.05) is 4.90 Å². The van der Waals surface area contributed by atoms with Crippen molar-refractivity contribution in [2.24, 2.45) is 0 Å². The quantitative estimate of drug-likeness (QED) is 0.642. The summed E-state index contributed by atoms with van der Waals surface area (Å²) in [6, 6.07) is 0.386. The largest absolute Gasteiger partial charge is 0.395 e. The molecular weight excluding hydrogens is 228 g/mol. The van der Waals surface area contributed by atoms with E-state index >= 15 is 0 Å². The summed E-state index contributed by atoms with van der Waals surface area (Å²) in [5.41, 5.74) is 0. The lowest BCUT2D eigenvalue weighted by atomic mass is 9.95. The fourth-order valence-electron chi connectivity index (χ4n) is 2.42. The Hall–Kier alpha value is -0.870. The third kappa shape index (κ3) is 6.17. The van der Waals surface area contributed by atoms with Gasteiger partial charge in [-0.2, -0.15) is 0 Å². The van der Waals surface area contributed by atoms with Gasteiger partial charge < -0.3 is 10.4 Å². The highest BCUT2D eigenvalue weighted by Gasteiger charge is 2.15. The van der Waals surface area contributed by atoms with Crippen molar-refractivity contribution >= 4 is 5.91 Å². The molecular formula is C14H26N2O2. The molecule has 0 aromatic heterocycles. The average molecular weight is 254 g/mol. The summed E-state index contributed by atoms with van der Waals surface area (Å²) in [5, 5.41) is 12.0. The molecule has 1 aliphatic carbocycles. The predicted octanol–water partition coefficient (Wildman–Crippen LogP) is 1.31. The number of rotatable bonds is 8. The normalized spacial score (nSPS) is 16.8. The molecule has 104 valence electrons. The van der Waals surface area contributed by atoms with Crippen molar-refractivity contribution in [1.82, 2.24) is 10.2 Å². The van der Waals surface area contributed by atoms with Crippen LogP contribution in [0.1, 0.15) is 38.5 Å². The van der Waals surface area contributed by atoms with E-state index in [1.165, 1.54) is 19.3 Å². The van der Waals surface area contributed by atoms with Crippen LogP contribution in [-0.2, 0) is 4.79 Å². The molecule has 4 heteroatoms.